The van der Waals surface area contributed by atoms with E-state index in [1.54, 1.807) is 12.1 Å². The number of phenolic OH excluding ortho intramolecular Hbond substituents is 1. The highest BCUT2D eigenvalue weighted by molar-refractivity contribution is 7.80. The number of carboxylic acids is 1. The first-order valence-corrected chi connectivity index (χ1v) is 11.8. The van der Waals surface area contributed by atoms with Gasteiger partial charge in [0, 0.05) is 29.8 Å². The number of carbonyl (C=O) groups excluding carboxylic acids is 3. The number of carbonyl (C=O) groups is 4. The van der Waals surface area contributed by atoms with Crippen molar-refractivity contribution in [2.24, 2.45) is 5.73 Å². The Morgan fingerprint density at radius 3 is 1.94 bits per heavy atom. The number of nitrogens with two attached hydrogens (primary N) is 1. The van der Waals surface area contributed by atoms with Crippen molar-refractivity contribution in [2.45, 2.75) is 37.0 Å². The lowest BCUT2D eigenvalue weighted by Gasteiger charge is -2.23. The smallest absolute Gasteiger partial charge is 0.326 e. The number of aromatic amines is 1. The third-order valence-electron chi connectivity index (χ3n) is 4.95. The SMILES string of the molecule is NC(Cc1ccc(O)cc1)C(=O)NC(CS)C(=O)NC(CS)C(=O)NC(Cc1cnc[nH]1)C(=O)O. The standard InChI is InChI=1S/C21H28N6O6S2/c22-14(5-11-1-3-13(28)4-2-11)18(29)26-16(8-34)20(31)27-17(9-35)19(30)25-15(21(32)33)6-12-7-23-10-24-12/h1-4,7,10,14-17,28,34-35H,5-6,8-9,22H2,(H,23,24)(H,25,30)(H,26,29)(H,27,31)(H,32,33). The molecule has 0 aliphatic rings. The van der Waals surface area contributed by atoms with Gasteiger partial charge < -0.3 is 36.9 Å². The molecule has 0 aliphatic carbocycles. The van der Waals surface area contributed by atoms with Crippen LogP contribution in [0.3, 0.4) is 0 Å². The first kappa shape index (κ1) is 28.0. The van der Waals surface area contributed by atoms with Gasteiger partial charge >= 0.3 is 5.97 Å². The van der Waals surface area contributed by atoms with Crippen LogP contribution < -0.4 is 21.7 Å². The number of hydrogen-bond donors (Lipinski definition) is 9. The lowest BCUT2D eigenvalue weighted by atomic mass is 10.1. The molecule has 0 spiro atoms. The Morgan fingerprint density at radius 2 is 1.46 bits per heavy atom. The number of phenols is 1. The highest BCUT2D eigenvalue weighted by Crippen LogP contribution is 2.11. The van der Waals surface area contributed by atoms with Gasteiger partial charge in [-0.15, -0.1) is 0 Å². The number of aromatic nitrogens is 2. The second-order valence-corrected chi connectivity index (χ2v) is 8.38. The van der Waals surface area contributed by atoms with Crippen molar-refractivity contribution in [2.75, 3.05) is 11.5 Å². The summed E-state index contributed by atoms with van der Waals surface area (Å²) in [6.45, 7) is 0. The van der Waals surface area contributed by atoms with Crippen LogP contribution in [0.25, 0.3) is 0 Å². The quantitative estimate of drug-likeness (QED) is 0.143. The lowest BCUT2D eigenvalue weighted by Crippen LogP contribution is -2.58. The summed E-state index contributed by atoms with van der Waals surface area (Å²) in [5.74, 6) is -3.46. The van der Waals surface area contributed by atoms with E-state index in [9.17, 15) is 29.4 Å². The van der Waals surface area contributed by atoms with E-state index in [1.165, 1.54) is 24.7 Å². The number of nitrogens with one attached hydrogen (secondary N) is 4. The molecule has 0 saturated heterocycles. The number of benzene rings is 1. The van der Waals surface area contributed by atoms with Crippen molar-refractivity contribution in [1.82, 2.24) is 25.9 Å². The monoisotopic (exact) mass is 524 g/mol. The van der Waals surface area contributed by atoms with Gasteiger partial charge in [-0.25, -0.2) is 9.78 Å². The molecular formula is C21H28N6O6S2. The number of rotatable bonds is 13. The molecule has 190 valence electrons. The fourth-order valence-electron chi connectivity index (χ4n) is 3.01. The normalized spacial score (nSPS) is 14.3. The number of aliphatic carboxylic acids is 1. The molecule has 0 fully saturated rings. The van der Waals surface area contributed by atoms with E-state index in [1.807, 2.05) is 0 Å². The molecule has 12 nitrogen and oxygen atoms in total. The van der Waals surface area contributed by atoms with Gasteiger partial charge in [-0.2, -0.15) is 25.3 Å². The number of H-pyrrole nitrogens is 1. The first-order chi connectivity index (χ1) is 16.6. The Kier molecular flexibility index (Phi) is 10.9. The van der Waals surface area contributed by atoms with Crippen LogP contribution in [-0.2, 0) is 32.0 Å². The molecular weight excluding hydrogens is 496 g/mol. The molecule has 0 aliphatic heterocycles. The summed E-state index contributed by atoms with van der Waals surface area (Å²) >= 11 is 8.17. The molecule has 0 saturated carbocycles. The molecule has 35 heavy (non-hydrogen) atoms. The molecule has 0 bridgehead atoms. The minimum atomic E-state index is -1.26. The molecule has 4 atom stereocenters. The van der Waals surface area contributed by atoms with Gasteiger partial charge in [0.05, 0.1) is 12.4 Å². The summed E-state index contributed by atoms with van der Waals surface area (Å²) in [6, 6.07) is 1.67. The van der Waals surface area contributed by atoms with E-state index in [0.29, 0.717) is 11.3 Å². The average molecular weight is 525 g/mol. The number of imidazole rings is 1. The minimum Gasteiger partial charge on any atom is -0.508 e. The van der Waals surface area contributed by atoms with Crippen LogP contribution in [0, 0.1) is 0 Å². The number of nitrogens with zero attached hydrogens (tertiary/aromatic N) is 1. The highest BCUT2D eigenvalue weighted by atomic mass is 32.1. The highest BCUT2D eigenvalue weighted by Gasteiger charge is 2.29. The molecule has 2 rings (SSSR count). The average Bonchev–Trinajstić information content (AvgIpc) is 3.34. The van der Waals surface area contributed by atoms with Gasteiger partial charge in [0.25, 0.3) is 0 Å². The summed E-state index contributed by atoms with van der Waals surface area (Å²) in [6.07, 6.45) is 2.95. The molecule has 3 amide bonds. The van der Waals surface area contributed by atoms with Crippen molar-refractivity contribution in [3.05, 3.63) is 48.0 Å². The predicted molar refractivity (Wildman–Crippen MR) is 133 cm³/mol. The maximum Gasteiger partial charge on any atom is 0.326 e. The van der Waals surface area contributed by atoms with Crippen molar-refractivity contribution in [3.8, 4) is 5.75 Å². The van der Waals surface area contributed by atoms with Crippen LogP contribution in [0.15, 0.2) is 36.8 Å². The van der Waals surface area contributed by atoms with Crippen molar-refractivity contribution < 1.29 is 29.4 Å². The minimum absolute atomic E-state index is 0.0391. The Morgan fingerprint density at radius 1 is 0.914 bits per heavy atom. The number of hydrogen-bond acceptors (Lipinski definition) is 9. The molecule has 1 aromatic heterocycles. The summed E-state index contributed by atoms with van der Waals surface area (Å²) in [5.41, 5.74) is 7.15. The van der Waals surface area contributed by atoms with E-state index < -0.39 is 47.9 Å². The van der Waals surface area contributed by atoms with Gasteiger partial charge in [-0.05, 0) is 24.1 Å². The summed E-state index contributed by atoms with van der Waals surface area (Å²) in [7, 11) is 0. The van der Waals surface area contributed by atoms with E-state index in [4.69, 9.17) is 5.73 Å². The lowest BCUT2D eigenvalue weighted by molar-refractivity contribution is -0.142. The summed E-state index contributed by atoms with van der Waals surface area (Å²) in [4.78, 5) is 55.9. The Hall–Kier alpha value is -3.23. The first-order valence-electron chi connectivity index (χ1n) is 10.5. The Balaban J connectivity index is 1.94. The van der Waals surface area contributed by atoms with Crippen molar-refractivity contribution in [3.63, 3.8) is 0 Å². The summed E-state index contributed by atoms with van der Waals surface area (Å²) in [5, 5.41) is 26.1. The Labute approximate surface area is 212 Å². The zero-order chi connectivity index (χ0) is 26.0. The van der Waals surface area contributed by atoms with Crippen molar-refractivity contribution >= 4 is 48.9 Å². The van der Waals surface area contributed by atoms with Crippen LogP contribution in [0.1, 0.15) is 11.3 Å². The van der Waals surface area contributed by atoms with Crippen LogP contribution in [0.5, 0.6) is 5.75 Å². The maximum atomic E-state index is 12.7. The number of amides is 3. The van der Waals surface area contributed by atoms with E-state index >= 15 is 0 Å². The summed E-state index contributed by atoms with van der Waals surface area (Å²) < 4.78 is 0. The second kappa shape index (κ2) is 13.6. The molecule has 0 radical (unpaired) electrons. The van der Waals surface area contributed by atoms with Gasteiger partial charge in [0.2, 0.25) is 17.7 Å². The van der Waals surface area contributed by atoms with E-state index in [0.717, 1.165) is 0 Å². The third kappa shape index (κ3) is 8.81. The maximum absolute atomic E-state index is 12.7. The van der Waals surface area contributed by atoms with Crippen LogP contribution >= 0.6 is 25.3 Å². The topological polar surface area (TPSA) is 200 Å². The van der Waals surface area contributed by atoms with Gasteiger partial charge in [-0.1, -0.05) is 12.1 Å². The fourth-order valence-corrected chi connectivity index (χ4v) is 3.52. The van der Waals surface area contributed by atoms with Gasteiger partial charge in [-0.3, -0.25) is 14.4 Å². The van der Waals surface area contributed by atoms with Gasteiger partial charge in [0.1, 0.15) is 23.9 Å². The van der Waals surface area contributed by atoms with Crippen LogP contribution in [-0.4, -0.2) is 79.5 Å². The molecule has 1 aromatic carbocycles. The predicted octanol–water partition coefficient (Wildman–Crippen LogP) is -1.37. The molecule has 4 unspecified atom stereocenters. The van der Waals surface area contributed by atoms with E-state index in [2.05, 4.69) is 51.2 Å². The molecule has 14 heteroatoms. The number of carboxylic acid groups (broad SMARTS) is 1. The van der Waals surface area contributed by atoms with E-state index in [-0.39, 0.29) is 30.1 Å². The second-order valence-electron chi connectivity index (χ2n) is 7.64. The fraction of sp³-hybridized carbons (Fsp3) is 0.381. The van der Waals surface area contributed by atoms with Crippen LogP contribution in [0.2, 0.25) is 0 Å². The Bertz CT molecular complexity index is 1000. The molecule has 1 heterocycles. The third-order valence-corrected chi connectivity index (χ3v) is 5.68. The largest absolute Gasteiger partial charge is 0.508 e. The molecule has 2 aromatic rings. The number of thiol groups is 2. The zero-order valence-electron chi connectivity index (χ0n) is 18.5. The van der Waals surface area contributed by atoms with Crippen molar-refractivity contribution in [1.29, 1.82) is 0 Å². The zero-order valence-corrected chi connectivity index (χ0v) is 20.3. The number of aromatic hydroxyl groups is 1. The van der Waals surface area contributed by atoms with Crippen LogP contribution in [0.4, 0.5) is 0 Å². The molecule has 8 N–H and O–H groups in total. The van der Waals surface area contributed by atoms with Gasteiger partial charge in [0.15, 0.2) is 0 Å².